The van der Waals surface area contributed by atoms with Gasteiger partial charge < -0.3 is 5.32 Å². The van der Waals surface area contributed by atoms with E-state index < -0.39 is 0 Å². The third-order valence-corrected chi connectivity index (χ3v) is 3.90. The molecule has 0 unspecified atom stereocenters. The average molecular weight is 201 g/mol. The largest absolute Gasteiger partial charge is 0.314 e. The maximum atomic E-state index is 3.68. The summed E-state index contributed by atoms with van der Waals surface area (Å²) < 4.78 is 0. The molecule has 1 heteroatoms. The van der Waals surface area contributed by atoms with E-state index in [4.69, 9.17) is 0 Å². The summed E-state index contributed by atoms with van der Waals surface area (Å²) >= 11 is 0. The Morgan fingerprint density at radius 2 is 1.80 bits per heavy atom. The van der Waals surface area contributed by atoms with Gasteiger partial charge in [-0.1, -0.05) is 30.3 Å². The second-order valence-electron chi connectivity index (χ2n) is 5.03. The number of hydrogen-bond donors (Lipinski definition) is 1. The molecule has 1 nitrogen and oxygen atoms in total. The first-order chi connectivity index (χ1) is 7.43. The van der Waals surface area contributed by atoms with Crippen molar-refractivity contribution in [3.05, 3.63) is 35.9 Å². The fourth-order valence-electron chi connectivity index (χ4n) is 2.84. The van der Waals surface area contributed by atoms with E-state index in [0.717, 1.165) is 17.9 Å². The zero-order chi connectivity index (χ0) is 10.1. The molecule has 1 aromatic rings. The van der Waals surface area contributed by atoms with Crippen LogP contribution in [-0.2, 0) is 0 Å². The third kappa shape index (κ3) is 2.07. The number of benzene rings is 1. The smallest absolute Gasteiger partial charge is 0.0101 e. The second-order valence-corrected chi connectivity index (χ2v) is 5.03. The standard InChI is InChI=1S/C14H19N/c1-2-4-11(5-3-1)13-8-9-15-14(10-13)12-6-7-12/h1-5,12-15H,6-10H2/t13-,14-/m1/s1. The predicted molar refractivity (Wildman–Crippen MR) is 62.9 cm³/mol. The Morgan fingerprint density at radius 1 is 1.00 bits per heavy atom. The molecular weight excluding hydrogens is 182 g/mol. The summed E-state index contributed by atoms with van der Waals surface area (Å²) in [5.41, 5.74) is 1.55. The van der Waals surface area contributed by atoms with Gasteiger partial charge >= 0.3 is 0 Å². The number of nitrogens with one attached hydrogen (secondary N) is 1. The Kier molecular flexibility index (Phi) is 2.49. The minimum atomic E-state index is 0.804. The van der Waals surface area contributed by atoms with Gasteiger partial charge in [0.25, 0.3) is 0 Å². The maximum Gasteiger partial charge on any atom is 0.0101 e. The highest BCUT2D eigenvalue weighted by Crippen LogP contribution is 2.39. The molecule has 1 aliphatic carbocycles. The molecule has 0 bridgehead atoms. The molecule has 1 N–H and O–H groups in total. The van der Waals surface area contributed by atoms with Crippen LogP contribution in [0, 0.1) is 5.92 Å². The normalized spacial score (nSPS) is 31.5. The van der Waals surface area contributed by atoms with Crippen LogP contribution in [0.4, 0.5) is 0 Å². The van der Waals surface area contributed by atoms with Gasteiger partial charge in [-0.05, 0) is 49.6 Å². The van der Waals surface area contributed by atoms with Crippen LogP contribution in [0.1, 0.15) is 37.2 Å². The van der Waals surface area contributed by atoms with Crippen molar-refractivity contribution in [2.24, 2.45) is 5.92 Å². The SMILES string of the molecule is c1ccc([C@@H]2CCN[C@@H](C3CC3)C2)cc1. The first-order valence-electron chi connectivity index (χ1n) is 6.22. The summed E-state index contributed by atoms with van der Waals surface area (Å²) in [5, 5.41) is 3.68. The van der Waals surface area contributed by atoms with Gasteiger partial charge in [-0.3, -0.25) is 0 Å². The zero-order valence-electron chi connectivity index (χ0n) is 9.15. The van der Waals surface area contributed by atoms with Crippen LogP contribution < -0.4 is 5.32 Å². The highest BCUT2D eigenvalue weighted by atomic mass is 14.9. The van der Waals surface area contributed by atoms with Gasteiger partial charge in [0.05, 0.1) is 0 Å². The lowest BCUT2D eigenvalue weighted by atomic mass is 9.85. The zero-order valence-corrected chi connectivity index (χ0v) is 9.15. The van der Waals surface area contributed by atoms with Crippen LogP contribution in [0.5, 0.6) is 0 Å². The molecule has 1 saturated carbocycles. The maximum absolute atomic E-state index is 3.68. The van der Waals surface area contributed by atoms with Crippen molar-refractivity contribution in [3.8, 4) is 0 Å². The third-order valence-electron chi connectivity index (χ3n) is 3.90. The van der Waals surface area contributed by atoms with Gasteiger partial charge in [0.1, 0.15) is 0 Å². The highest BCUT2D eigenvalue weighted by molar-refractivity contribution is 5.20. The summed E-state index contributed by atoms with van der Waals surface area (Å²) in [6, 6.07) is 11.8. The summed E-state index contributed by atoms with van der Waals surface area (Å²) in [7, 11) is 0. The van der Waals surface area contributed by atoms with Crippen LogP contribution in [-0.4, -0.2) is 12.6 Å². The Labute approximate surface area is 91.9 Å². The van der Waals surface area contributed by atoms with E-state index in [2.05, 4.69) is 35.6 Å². The quantitative estimate of drug-likeness (QED) is 0.775. The van der Waals surface area contributed by atoms with E-state index in [-0.39, 0.29) is 0 Å². The minimum absolute atomic E-state index is 0.804. The number of piperidine rings is 1. The Morgan fingerprint density at radius 3 is 2.53 bits per heavy atom. The van der Waals surface area contributed by atoms with Crippen molar-refractivity contribution in [3.63, 3.8) is 0 Å². The average Bonchev–Trinajstić information content (AvgIpc) is 3.14. The van der Waals surface area contributed by atoms with Crippen molar-refractivity contribution >= 4 is 0 Å². The number of rotatable bonds is 2. The van der Waals surface area contributed by atoms with Gasteiger partial charge in [-0.2, -0.15) is 0 Å². The van der Waals surface area contributed by atoms with Crippen molar-refractivity contribution in [1.29, 1.82) is 0 Å². The van der Waals surface area contributed by atoms with Crippen LogP contribution in [0.3, 0.4) is 0 Å². The van der Waals surface area contributed by atoms with Gasteiger partial charge in [0.2, 0.25) is 0 Å². The molecule has 2 aliphatic rings. The first-order valence-corrected chi connectivity index (χ1v) is 6.22. The summed E-state index contributed by atoms with van der Waals surface area (Å²) in [6.45, 7) is 1.21. The predicted octanol–water partition coefficient (Wildman–Crippen LogP) is 2.93. The van der Waals surface area contributed by atoms with E-state index in [1.54, 1.807) is 5.56 Å². The van der Waals surface area contributed by atoms with Crippen molar-refractivity contribution in [2.45, 2.75) is 37.6 Å². The summed E-state index contributed by atoms with van der Waals surface area (Å²) in [6.07, 6.45) is 5.58. The molecule has 1 saturated heterocycles. The van der Waals surface area contributed by atoms with E-state index in [9.17, 15) is 0 Å². The molecule has 15 heavy (non-hydrogen) atoms. The first kappa shape index (κ1) is 9.41. The van der Waals surface area contributed by atoms with Gasteiger partial charge in [-0.25, -0.2) is 0 Å². The molecular formula is C14H19N. The molecule has 0 aromatic heterocycles. The molecule has 1 heterocycles. The molecule has 0 radical (unpaired) electrons. The molecule has 1 aromatic carbocycles. The minimum Gasteiger partial charge on any atom is -0.314 e. The molecule has 3 rings (SSSR count). The highest BCUT2D eigenvalue weighted by Gasteiger charge is 2.34. The van der Waals surface area contributed by atoms with Crippen molar-refractivity contribution in [1.82, 2.24) is 5.32 Å². The van der Waals surface area contributed by atoms with Crippen LogP contribution in [0.2, 0.25) is 0 Å². The van der Waals surface area contributed by atoms with Crippen LogP contribution >= 0.6 is 0 Å². The second kappa shape index (κ2) is 3.97. The molecule has 0 amide bonds. The molecule has 0 spiro atoms. The fourth-order valence-corrected chi connectivity index (χ4v) is 2.84. The lowest BCUT2D eigenvalue weighted by molar-refractivity contribution is 0.334. The molecule has 80 valence electrons. The summed E-state index contributed by atoms with van der Waals surface area (Å²) in [4.78, 5) is 0. The number of hydrogen-bond acceptors (Lipinski definition) is 1. The topological polar surface area (TPSA) is 12.0 Å². The van der Waals surface area contributed by atoms with E-state index in [0.29, 0.717) is 0 Å². The fraction of sp³-hybridized carbons (Fsp3) is 0.571. The van der Waals surface area contributed by atoms with Gasteiger partial charge in [-0.15, -0.1) is 0 Å². The van der Waals surface area contributed by atoms with E-state index in [1.165, 1.54) is 32.2 Å². The van der Waals surface area contributed by atoms with E-state index >= 15 is 0 Å². The van der Waals surface area contributed by atoms with Gasteiger partial charge in [0, 0.05) is 6.04 Å². The van der Waals surface area contributed by atoms with Crippen molar-refractivity contribution < 1.29 is 0 Å². The Balaban J connectivity index is 1.70. The van der Waals surface area contributed by atoms with Crippen LogP contribution in [0.25, 0.3) is 0 Å². The van der Waals surface area contributed by atoms with Crippen LogP contribution in [0.15, 0.2) is 30.3 Å². The Hall–Kier alpha value is -0.820. The molecule has 1 aliphatic heterocycles. The van der Waals surface area contributed by atoms with E-state index in [1.807, 2.05) is 0 Å². The van der Waals surface area contributed by atoms with Crippen molar-refractivity contribution in [2.75, 3.05) is 6.54 Å². The lowest BCUT2D eigenvalue weighted by Gasteiger charge is -2.30. The molecule has 2 fully saturated rings. The molecule has 2 atom stereocenters. The Bertz CT molecular complexity index is 315. The lowest BCUT2D eigenvalue weighted by Crippen LogP contribution is -2.38. The summed E-state index contributed by atoms with van der Waals surface area (Å²) in [5.74, 6) is 1.80. The van der Waals surface area contributed by atoms with Gasteiger partial charge in [0.15, 0.2) is 0 Å². The monoisotopic (exact) mass is 201 g/mol.